The maximum absolute atomic E-state index is 9.92. The molecule has 1 rings (SSSR count). The van der Waals surface area contributed by atoms with Crippen molar-refractivity contribution in [1.29, 1.82) is 0 Å². The van der Waals surface area contributed by atoms with Gasteiger partial charge in [0.25, 0.3) is 0 Å². The molecule has 0 saturated carbocycles. The van der Waals surface area contributed by atoms with Crippen molar-refractivity contribution in [1.82, 2.24) is 0 Å². The van der Waals surface area contributed by atoms with Crippen LogP contribution in [-0.4, -0.2) is 18.3 Å². The molecule has 1 aromatic carbocycles. The molecule has 1 unspecified atom stereocenters. The molecule has 0 aliphatic rings. The molecule has 16 heavy (non-hydrogen) atoms. The van der Waals surface area contributed by atoms with Crippen molar-refractivity contribution in [3.63, 3.8) is 0 Å². The Labute approximate surface area is 98.3 Å². The number of rotatable bonds is 5. The molecule has 0 aliphatic heterocycles. The monoisotopic (exact) mass is 222 g/mol. The minimum absolute atomic E-state index is 0.376. The van der Waals surface area contributed by atoms with Gasteiger partial charge in [-0.05, 0) is 36.5 Å². The zero-order valence-corrected chi connectivity index (χ0v) is 10.7. The van der Waals surface area contributed by atoms with Gasteiger partial charge in [-0.3, -0.25) is 0 Å². The predicted octanol–water partition coefficient (Wildman–Crippen LogP) is 3.01. The molecule has 0 aromatic heterocycles. The fourth-order valence-corrected chi connectivity index (χ4v) is 1.48. The number of ether oxygens (including phenoxy) is 1. The van der Waals surface area contributed by atoms with Crippen molar-refractivity contribution in [3.05, 3.63) is 34.9 Å². The lowest BCUT2D eigenvalue weighted by atomic mass is 10.0. The van der Waals surface area contributed by atoms with E-state index < -0.39 is 6.10 Å². The second kappa shape index (κ2) is 6.02. The summed E-state index contributed by atoms with van der Waals surface area (Å²) in [5, 5.41) is 9.92. The molecule has 0 fully saturated rings. The molecule has 0 amide bonds. The van der Waals surface area contributed by atoms with E-state index in [2.05, 4.69) is 27.7 Å². The van der Waals surface area contributed by atoms with Crippen molar-refractivity contribution in [2.45, 2.75) is 33.8 Å². The molecule has 90 valence electrons. The third kappa shape index (κ3) is 3.95. The average Bonchev–Trinajstić information content (AvgIpc) is 2.21. The highest BCUT2D eigenvalue weighted by atomic mass is 16.5. The van der Waals surface area contributed by atoms with Crippen LogP contribution in [0, 0.1) is 19.8 Å². The van der Waals surface area contributed by atoms with E-state index in [1.807, 2.05) is 18.2 Å². The molecule has 1 aromatic rings. The topological polar surface area (TPSA) is 29.5 Å². The van der Waals surface area contributed by atoms with Gasteiger partial charge in [-0.25, -0.2) is 0 Å². The average molecular weight is 222 g/mol. The van der Waals surface area contributed by atoms with E-state index >= 15 is 0 Å². The van der Waals surface area contributed by atoms with Gasteiger partial charge in [0.1, 0.15) is 6.10 Å². The first-order chi connectivity index (χ1) is 7.50. The van der Waals surface area contributed by atoms with Crippen LogP contribution in [0.5, 0.6) is 0 Å². The number of hydrogen-bond donors (Lipinski definition) is 1. The first-order valence-electron chi connectivity index (χ1n) is 5.83. The number of hydrogen-bond acceptors (Lipinski definition) is 2. The van der Waals surface area contributed by atoms with Crippen LogP contribution >= 0.6 is 0 Å². The molecule has 0 spiro atoms. The summed E-state index contributed by atoms with van der Waals surface area (Å²) in [6, 6.07) is 6.03. The molecule has 0 aliphatic carbocycles. The fourth-order valence-electron chi connectivity index (χ4n) is 1.48. The van der Waals surface area contributed by atoms with Crippen LogP contribution in [0.25, 0.3) is 0 Å². The molecule has 0 saturated heterocycles. The summed E-state index contributed by atoms with van der Waals surface area (Å²) in [5.74, 6) is 0.506. The lowest BCUT2D eigenvalue weighted by molar-refractivity contribution is 0.0250. The minimum atomic E-state index is -0.516. The Morgan fingerprint density at radius 3 is 2.38 bits per heavy atom. The first kappa shape index (κ1) is 13.2. The van der Waals surface area contributed by atoms with Crippen LogP contribution in [0.15, 0.2) is 18.2 Å². The van der Waals surface area contributed by atoms with Crippen molar-refractivity contribution >= 4 is 0 Å². The van der Waals surface area contributed by atoms with Crippen LogP contribution in [0.1, 0.15) is 36.6 Å². The normalized spacial score (nSPS) is 13.1. The number of aliphatic hydroxyl groups is 1. The van der Waals surface area contributed by atoms with Crippen LogP contribution < -0.4 is 0 Å². The maximum Gasteiger partial charge on any atom is 0.102 e. The van der Waals surface area contributed by atoms with E-state index in [1.54, 1.807) is 0 Å². The molecular weight excluding hydrogens is 200 g/mol. The Kier molecular flexibility index (Phi) is 4.97. The zero-order valence-electron chi connectivity index (χ0n) is 10.7. The van der Waals surface area contributed by atoms with E-state index in [9.17, 15) is 5.11 Å². The lowest BCUT2D eigenvalue weighted by Crippen LogP contribution is -2.11. The van der Waals surface area contributed by atoms with E-state index in [-0.39, 0.29) is 0 Å². The van der Waals surface area contributed by atoms with Gasteiger partial charge in [0.05, 0.1) is 6.61 Å². The second-order valence-corrected chi connectivity index (χ2v) is 4.79. The van der Waals surface area contributed by atoms with Crippen molar-refractivity contribution in [2.24, 2.45) is 5.92 Å². The Morgan fingerprint density at radius 1 is 1.12 bits per heavy atom. The van der Waals surface area contributed by atoms with Crippen LogP contribution in [-0.2, 0) is 4.74 Å². The maximum atomic E-state index is 9.92. The van der Waals surface area contributed by atoms with Gasteiger partial charge in [0.2, 0.25) is 0 Å². The molecule has 0 radical (unpaired) electrons. The molecule has 1 atom stereocenters. The highest BCUT2D eigenvalue weighted by Gasteiger charge is 2.08. The Balaban J connectivity index is 2.52. The fraction of sp³-hybridized carbons (Fsp3) is 0.571. The summed E-state index contributed by atoms with van der Waals surface area (Å²) in [6.45, 7) is 9.40. The summed E-state index contributed by atoms with van der Waals surface area (Å²) in [5.41, 5.74) is 3.39. The van der Waals surface area contributed by atoms with Gasteiger partial charge in [-0.1, -0.05) is 32.0 Å². The number of benzene rings is 1. The summed E-state index contributed by atoms with van der Waals surface area (Å²) in [6.07, 6.45) is -0.516. The van der Waals surface area contributed by atoms with Gasteiger partial charge >= 0.3 is 0 Å². The summed E-state index contributed by atoms with van der Waals surface area (Å²) >= 11 is 0. The van der Waals surface area contributed by atoms with Gasteiger partial charge in [0, 0.05) is 6.61 Å². The van der Waals surface area contributed by atoms with Crippen molar-refractivity contribution in [2.75, 3.05) is 13.2 Å². The number of aryl methyl sites for hydroxylation is 2. The van der Waals surface area contributed by atoms with Crippen molar-refractivity contribution in [3.8, 4) is 0 Å². The van der Waals surface area contributed by atoms with E-state index in [0.29, 0.717) is 19.1 Å². The van der Waals surface area contributed by atoms with Gasteiger partial charge in [-0.2, -0.15) is 0 Å². The highest BCUT2D eigenvalue weighted by molar-refractivity contribution is 5.31. The first-order valence-corrected chi connectivity index (χ1v) is 5.83. The Morgan fingerprint density at radius 2 is 1.81 bits per heavy atom. The van der Waals surface area contributed by atoms with Crippen LogP contribution in [0.3, 0.4) is 0 Å². The standard InChI is InChI=1S/C14H22O2/c1-10(2)8-16-9-14(15)13-6-5-11(3)12(4)7-13/h5-7,10,14-15H,8-9H2,1-4H3. The minimum Gasteiger partial charge on any atom is -0.386 e. The van der Waals surface area contributed by atoms with Crippen molar-refractivity contribution < 1.29 is 9.84 Å². The van der Waals surface area contributed by atoms with Gasteiger partial charge in [-0.15, -0.1) is 0 Å². The Bertz CT molecular complexity index is 332. The van der Waals surface area contributed by atoms with E-state index in [4.69, 9.17) is 4.74 Å². The van der Waals surface area contributed by atoms with Gasteiger partial charge < -0.3 is 9.84 Å². The lowest BCUT2D eigenvalue weighted by Gasteiger charge is -2.14. The molecule has 2 nitrogen and oxygen atoms in total. The summed E-state index contributed by atoms with van der Waals surface area (Å²) in [7, 11) is 0. The smallest absolute Gasteiger partial charge is 0.102 e. The molecule has 2 heteroatoms. The van der Waals surface area contributed by atoms with Crippen LogP contribution in [0.2, 0.25) is 0 Å². The van der Waals surface area contributed by atoms with E-state index in [0.717, 1.165) is 5.56 Å². The third-order valence-electron chi connectivity index (χ3n) is 2.64. The SMILES string of the molecule is Cc1ccc(C(O)COCC(C)C)cc1C. The quantitative estimate of drug-likeness (QED) is 0.830. The molecule has 1 N–H and O–H groups in total. The molecule has 0 heterocycles. The molecule has 0 bridgehead atoms. The highest BCUT2D eigenvalue weighted by Crippen LogP contribution is 2.17. The second-order valence-electron chi connectivity index (χ2n) is 4.79. The van der Waals surface area contributed by atoms with E-state index in [1.165, 1.54) is 11.1 Å². The zero-order chi connectivity index (χ0) is 12.1. The van der Waals surface area contributed by atoms with Crippen LogP contribution in [0.4, 0.5) is 0 Å². The summed E-state index contributed by atoms with van der Waals surface area (Å²) in [4.78, 5) is 0. The predicted molar refractivity (Wildman–Crippen MR) is 66.5 cm³/mol. The largest absolute Gasteiger partial charge is 0.386 e. The third-order valence-corrected chi connectivity index (χ3v) is 2.64. The number of aliphatic hydroxyl groups excluding tert-OH is 1. The van der Waals surface area contributed by atoms with Gasteiger partial charge in [0.15, 0.2) is 0 Å². The molecular formula is C14H22O2. The summed E-state index contributed by atoms with van der Waals surface area (Å²) < 4.78 is 5.43. The Hall–Kier alpha value is -0.860.